The van der Waals surface area contributed by atoms with E-state index in [-0.39, 0.29) is 0 Å². The summed E-state index contributed by atoms with van der Waals surface area (Å²) < 4.78 is 4.58. The van der Waals surface area contributed by atoms with Crippen LogP contribution in [0.5, 0.6) is 0 Å². The second kappa shape index (κ2) is 7.62. The minimum absolute atomic E-state index is 0.671. The molecule has 0 amide bonds. The highest BCUT2D eigenvalue weighted by Gasteiger charge is 1.96. The standard InChI is InChI=1S/C7H8BO2.C5H5N/c1-10-8(9)7-5-3-2-4-6-7;1-2-4-6-5-3-1/h2-6H,1H3;1-5H/q-1;/p+1. The third-order valence-electron chi connectivity index (χ3n) is 1.89. The predicted octanol–water partition coefficient (Wildman–Crippen LogP) is -0.111. The van der Waals surface area contributed by atoms with Crippen LogP contribution >= 0.6 is 0 Å². The zero-order valence-electron chi connectivity index (χ0n) is 9.17. The Hall–Kier alpha value is -1.65. The molecule has 0 aliphatic carbocycles. The number of hydrogen-bond acceptors (Lipinski definition) is 2. The lowest BCUT2D eigenvalue weighted by Gasteiger charge is -2.15. The van der Waals surface area contributed by atoms with Gasteiger partial charge in [-0.05, 0) is 0 Å². The minimum atomic E-state index is -1.04. The minimum Gasteiger partial charge on any atom is -0.853 e. The normalized spacial score (nSPS) is 8.88. The Morgan fingerprint density at radius 2 is 1.56 bits per heavy atom. The number of nitrogens with one attached hydrogen (secondary N) is 1. The van der Waals surface area contributed by atoms with Crippen LogP contribution in [0.2, 0.25) is 0 Å². The Morgan fingerprint density at radius 1 is 1.00 bits per heavy atom. The first-order chi connectivity index (χ1) is 7.84. The van der Waals surface area contributed by atoms with Crippen molar-refractivity contribution in [3.8, 4) is 0 Å². The van der Waals surface area contributed by atoms with E-state index >= 15 is 0 Å². The Balaban J connectivity index is 0.000000181. The molecule has 3 nitrogen and oxygen atoms in total. The van der Waals surface area contributed by atoms with Crippen molar-refractivity contribution in [2.75, 3.05) is 7.11 Å². The van der Waals surface area contributed by atoms with Gasteiger partial charge in [0.15, 0.2) is 12.4 Å². The highest BCUT2D eigenvalue weighted by atomic mass is 16.5. The molecule has 0 fully saturated rings. The molecule has 0 aliphatic heterocycles. The Bertz CT molecular complexity index is 343. The molecule has 2 aromatic rings. The Morgan fingerprint density at radius 3 is 1.94 bits per heavy atom. The number of rotatable bonds is 2. The predicted molar refractivity (Wildman–Crippen MR) is 61.8 cm³/mol. The fourth-order valence-corrected chi connectivity index (χ4v) is 1.09. The fraction of sp³-hybridized carbons (Fsp3) is 0.0833. The van der Waals surface area contributed by atoms with Gasteiger partial charge in [-0.1, -0.05) is 41.9 Å². The smallest absolute Gasteiger partial charge is 0.217 e. The van der Waals surface area contributed by atoms with E-state index in [0.717, 1.165) is 0 Å². The molecule has 1 aromatic heterocycles. The number of H-pyrrole nitrogens is 1. The highest BCUT2D eigenvalue weighted by Crippen LogP contribution is 1.83. The van der Waals surface area contributed by atoms with Crippen LogP contribution in [0, 0.1) is 0 Å². The van der Waals surface area contributed by atoms with E-state index in [4.69, 9.17) is 0 Å². The van der Waals surface area contributed by atoms with Gasteiger partial charge in [-0.25, -0.2) is 4.98 Å². The van der Waals surface area contributed by atoms with E-state index in [9.17, 15) is 5.02 Å². The van der Waals surface area contributed by atoms with Gasteiger partial charge in [-0.2, -0.15) is 0 Å². The van der Waals surface area contributed by atoms with Crippen LogP contribution in [0.4, 0.5) is 0 Å². The lowest BCUT2D eigenvalue weighted by atomic mass is 9.80. The number of benzene rings is 1. The molecule has 0 aliphatic rings. The maximum absolute atomic E-state index is 10.9. The summed E-state index contributed by atoms with van der Waals surface area (Å²) in [6, 6.07) is 14.9. The molecule has 0 saturated carbocycles. The van der Waals surface area contributed by atoms with Crippen molar-refractivity contribution in [1.29, 1.82) is 0 Å². The molecule has 0 radical (unpaired) electrons. The molecule has 82 valence electrons. The largest absolute Gasteiger partial charge is 0.853 e. The molecule has 4 heteroatoms. The zero-order chi connectivity index (χ0) is 11.6. The summed E-state index contributed by atoms with van der Waals surface area (Å²) in [6.07, 6.45) is 3.75. The van der Waals surface area contributed by atoms with E-state index in [2.05, 4.69) is 9.64 Å². The van der Waals surface area contributed by atoms with E-state index in [0.29, 0.717) is 5.46 Å². The molecule has 16 heavy (non-hydrogen) atoms. The van der Waals surface area contributed by atoms with E-state index in [1.165, 1.54) is 7.11 Å². The molecule has 0 spiro atoms. The molecule has 1 heterocycles. The van der Waals surface area contributed by atoms with Gasteiger partial charge < -0.3 is 9.68 Å². The lowest BCUT2D eigenvalue weighted by Crippen LogP contribution is -2.45. The summed E-state index contributed by atoms with van der Waals surface area (Å²) in [7, 11) is 0.367. The van der Waals surface area contributed by atoms with Crippen LogP contribution in [-0.2, 0) is 4.65 Å². The summed E-state index contributed by atoms with van der Waals surface area (Å²) in [5.74, 6) is 0. The second-order valence-electron chi connectivity index (χ2n) is 3.06. The topological polar surface area (TPSA) is 46.4 Å². The third-order valence-corrected chi connectivity index (χ3v) is 1.89. The van der Waals surface area contributed by atoms with Gasteiger partial charge in [0.25, 0.3) is 0 Å². The molecular weight excluding hydrogens is 201 g/mol. The van der Waals surface area contributed by atoms with Gasteiger partial charge in [0, 0.05) is 19.2 Å². The summed E-state index contributed by atoms with van der Waals surface area (Å²) in [5.41, 5.74) is 0.671. The van der Waals surface area contributed by atoms with Gasteiger partial charge in [-0.3, -0.25) is 0 Å². The van der Waals surface area contributed by atoms with Gasteiger partial charge in [0.05, 0.1) is 0 Å². The van der Waals surface area contributed by atoms with E-state index in [1.807, 2.05) is 48.8 Å². The van der Waals surface area contributed by atoms with Crippen molar-refractivity contribution < 1.29 is 14.7 Å². The van der Waals surface area contributed by atoms with Gasteiger partial charge in [0.2, 0.25) is 7.12 Å². The molecule has 0 unspecified atom stereocenters. The number of aromatic amines is 1. The van der Waals surface area contributed by atoms with Crippen LogP contribution in [0.3, 0.4) is 0 Å². The van der Waals surface area contributed by atoms with E-state index in [1.54, 1.807) is 12.1 Å². The number of pyridine rings is 1. The first kappa shape index (κ1) is 12.4. The fourth-order valence-electron chi connectivity index (χ4n) is 1.09. The number of aromatic nitrogens is 1. The molecule has 0 bridgehead atoms. The Labute approximate surface area is 95.9 Å². The molecular formula is C12H14BNO2. The van der Waals surface area contributed by atoms with Crippen molar-refractivity contribution in [3.63, 3.8) is 0 Å². The average Bonchev–Trinajstić information content (AvgIpc) is 2.41. The molecule has 0 atom stereocenters. The van der Waals surface area contributed by atoms with Crippen LogP contribution < -0.4 is 15.5 Å². The van der Waals surface area contributed by atoms with Crippen molar-refractivity contribution in [2.24, 2.45) is 0 Å². The van der Waals surface area contributed by atoms with Crippen LogP contribution in [-0.4, -0.2) is 14.2 Å². The SMILES string of the molecule is COB([O-])c1ccccc1.c1cc[nH+]cc1. The Kier molecular flexibility index (Phi) is 5.92. The first-order valence-corrected chi connectivity index (χ1v) is 4.99. The monoisotopic (exact) mass is 215 g/mol. The maximum atomic E-state index is 10.9. The van der Waals surface area contributed by atoms with Crippen molar-refractivity contribution in [1.82, 2.24) is 0 Å². The van der Waals surface area contributed by atoms with Crippen LogP contribution in [0.15, 0.2) is 60.9 Å². The van der Waals surface area contributed by atoms with Gasteiger partial charge >= 0.3 is 0 Å². The number of hydrogen-bond donors (Lipinski definition) is 0. The van der Waals surface area contributed by atoms with Crippen molar-refractivity contribution in [2.45, 2.75) is 0 Å². The van der Waals surface area contributed by atoms with Crippen molar-refractivity contribution in [3.05, 3.63) is 60.9 Å². The maximum Gasteiger partial charge on any atom is 0.217 e. The highest BCUT2D eigenvalue weighted by molar-refractivity contribution is 6.58. The quantitative estimate of drug-likeness (QED) is 0.656. The molecule has 2 rings (SSSR count). The summed E-state index contributed by atoms with van der Waals surface area (Å²) in [6.45, 7) is 0. The van der Waals surface area contributed by atoms with E-state index < -0.39 is 7.12 Å². The lowest BCUT2D eigenvalue weighted by molar-refractivity contribution is -0.377. The third kappa shape index (κ3) is 4.73. The van der Waals surface area contributed by atoms with Gasteiger partial charge in [-0.15, -0.1) is 0 Å². The summed E-state index contributed by atoms with van der Waals surface area (Å²) >= 11 is 0. The summed E-state index contributed by atoms with van der Waals surface area (Å²) in [4.78, 5) is 2.89. The van der Waals surface area contributed by atoms with Crippen LogP contribution in [0.1, 0.15) is 0 Å². The summed E-state index contributed by atoms with van der Waals surface area (Å²) in [5, 5.41) is 10.9. The van der Waals surface area contributed by atoms with Gasteiger partial charge in [0.1, 0.15) is 0 Å². The second-order valence-corrected chi connectivity index (χ2v) is 3.06. The van der Waals surface area contributed by atoms with Crippen LogP contribution in [0.25, 0.3) is 0 Å². The molecule has 1 N–H and O–H groups in total. The molecule has 0 saturated heterocycles. The average molecular weight is 215 g/mol. The van der Waals surface area contributed by atoms with Crippen molar-refractivity contribution >= 4 is 12.6 Å². The first-order valence-electron chi connectivity index (χ1n) is 4.99. The zero-order valence-corrected chi connectivity index (χ0v) is 9.17. The molecule has 1 aromatic carbocycles.